The zero-order chi connectivity index (χ0) is 9.84. The van der Waals surface area contributed by atoms with E-state index in [0.29, 0.717) is 0 Å². The second-order valence-corrected chi connectivity index (χ2v) is 3.53. The molecule has 0 saturated heterocycles. The highest BCUT2D eigenvalue weighted by atomic mass is 15.0. The van der Waals surface area contributed by atoms with Crippen LogP contribution in [0.5, 0.6) is 0 Å². The molecular weight excluding hydrogens is 162 g/mol. The van der Waals surface area contributed by atoms with Crippen molar-refractivity contribution in [2.75, 3.05) is 0 Å². The fraction of sp³-hybridized carbons (Fsp3) is 0.500. The summed E-state index contributed by atoms with van der Waals surface area (Å²) in [4.78, 5) is 4.03. The Morgan fingerprint density at radius 3 is 2.92 bits per heavy atom. The number of nitrogens with two attached hydrogens (primary N) is 1. The molecule has 0 fully saturated rings. The Bertz CT molecular complexity index is 288. The summed E-state index contributed by atoms with van der Waals surface area (Å²) in [6.45, 7) is 5.88. The maximum atomic E-state index is 5.99. The Morgan fingerprint density at radius 2 is 2.46 bits per heavy atom. The van der Waals surface area contributed by atoms with E-state index in [1.807, 2.05) is 24.7 Å². The number of imidazole rings is 1. The molecule has 0 aliphatic heterocycles. The van der Waals surface area contributed by atoms with Crippen LogP contribution in [0.4, 0.5) is 0 Å². The predicted octanol–water partition coefficient (Wildman–Crippen LogP) is 1.78. The van der Waals surface area contributed by atoms with Gasteiger partial charge in [-0.1, -0.05) is 5.57 Å². The summed E-state index contributed by atoms with van der Waals surface area (Å²) in [5.74, 6) is 0. The van der Waals surface area contributed by atoms with Gasteiger partial charge in [-0.15, -0.1) is 6.58 Å². The van der Waals surface area contributed by atoms with Crippen molar-refractivity contribution < 1.29 is 0 Å². The summed E-state index contributed by atoms with van der Waals surface area (Å²) in [5, 5.41) is 0. The molecule has 1 unspecified atom stereocenters. The van der Waals surface area contributed by atoms with Gasteiger partial charge in [0, 0.05) is 19.3 Å². The normalized spacial score (nSPS) is 12.8. The molecule has 0 amide bonds. The van der Waals surface area contributed by atoms with Gasteiger partial charge in [-0.25, -0.2) is 4.98 Å². The molecule has 1 atom stereocenters. The predicted molar refractivity (Wildman–Crippen MR) is 54.2 cm³/mol. The summed E-state index contributed by atoms with van der Waals surface area (Å²) in [7, 11) is 1.96. The third-order valence-corrected chi connectivity index (χ3v) is 2.12. The summed E-state index contributed by atoms with van der Waals surface area (Å²) in [5.41, 5.74) is 8.25. The van der Waals surface area contributed by atoms with Crippen LogP contribution >= 0.6 is 0 Å². The van der Waals surface area contributed by atoms with Gasteiger partial charge in [-0.3, -0.25) is 0 Å². The third-order valence-electron chi connectivity index (χ3n) is 2.12. The molecular formula is C10H17N3. The van der Waals surface area contributed by atoms with Crippen LogP contribution in [-0.4, -0.2) is 9.55 Å². The largest absolute Gasteiger partial charge is 0.336 e. The first kappa shape index (κ1) is 9.99. The van der Waals surface area contributed by atoms with Crippen molar-refractivity contribution in [3.63, 3.8) is 0 Å². The van der Waals surface area contributed by atoms with Crippen molar-refractivity contribution in [1.29, 1.82) is 0 Å². The van der Waals surface area contributed by atoms with E-state index in [1.165, 1.54) is 5.57 Å². The van der Waals surface area contributed by atoms with Gasteiger partial charge in [0.15, 0.2) is 0 Å². The molecule has 3 nitrogen and oxygen atoms in total. The van der Waals surface area contributed by atoms with E-state index in [2.05, 4.69) is 11.6 Å². The lowest BCUT2D eigenvalue weighted by Crippen LogP contribution is -2.13. The molecule has 1 aromatic rings. The summed E-state index contributed by atoms with van der Waals surface area (Å²) >= 11 is 0. The van der Waals surface area contributed by atoms with Gasteiger partial charge in [-0.2, -0.15) is 0 Å². The molecule has 1 heterocycles. The van der Waals surface area contributed by atoms with Gasteiger partial charge in [-0.05, 0) is 19.8 Å². The Hall–Kier alpha value is -1.09. The van der Waals surface area contributed by atoms with E-state index in [9.17, 15) is 0 Å². The van der Waals surface area contributed by atoms with E-state index >= 15 is 0 Å². The van der Waals surface area contributed by atoms with Gasteiger partial charge in [0.1, 0.15) is 0 Å². The van der Waals surface area contributed by atoms with E-state index in [-0.39, 0.29) is 6.04 Å². The zero-order valence-electron chi connectivity index (χ0n) is 8.33. The Labute approximate surface area is 79.3 Å². The van der Waals surface area contributed by atoms with E-state index in [4.69, 9.17) is 5.73 Å². The SMILES string of the molecule is C=C(C)CCC(N)c1cncn1C. The monoisotopic (exact) mass is 179 g/mol. The molecule has 0 radical (unpaired) electrons. The highest BCUT2D eigenvalue weighted by Crippen LogP contribution is 2.16. The molecule has 3 heteroatoms. The molecule has 0 spiro atoms. The minimum absolute atomic E-state index is 0.0733. The quantitative estimate of drug-likeness (QED) is 0.716. The van der Waals surface area contributed by atoms with Gasteiger partial charge >= 0.3 is 0 Å². The van der Waals surface area contributed by atoms with Crippen LogP contribution in [0.25, 0.3) is 0 Å². The first-order chi connectivity index (χ1) is 6.11. The first-order valence-corrected chi connectivity index (χ1v) is 4.47. The third kappa shape index (κ3) is 2.70. The van der Waals surface area contributed by atoms with Crippen molar-refractivity contribution >= 4 is 0 Å². The Morgan fingerprint density at radius 1 is 1.77 bits per heavy atom. The van der Waals surface area contributed by atoms with E-state index in [0.717, 1.165) is 18.5 Å². The Kier molecular flexibility index (Phi) is 3.25. The van der Waals surface area contributed by atoms with Gasteiger partial charge < -0.3 is 10.3 Å². The average molecular weight is 179 g/mol. The zero-order valence-corrected chi connectivity index (χ0v) is 8.33. The van der Waals surface area contributed by atoms with Crippen molar-refractivity contribution in [1.82, 2.24) is 9.55 Å². The van der Waals surface area contributed by atoms with Gasteiger partial charge in [0.25, 0.3) is 0 Å². The number of aromatic nitrogens is 2. The van der Waals surface area contributed by atoms with Gasteiger partial charge in [0.05, 0.1) is 12.0 Å². The minimum atomic E-state index is 0.0733. The molecule has 0 aliphatic rings. The highest BCUT2D eigenvalue weighted by molar-refractivity contribution is 5.04. The summed E-state index contributed by atoms with van der Waals surface area (Å²) in [6, 6.07) is 0.0733. The standard InChI is InChI=1S/C10H17N3/c1-8(2)4-5-9(11)10-6-12-7-13(10)3/h6-7,9H,1,4-5,11H2,2-3H3. The van der Waals surface area contributed by atoms with Crippen LogP contribution in [-0.2, 0) is 7.05 Å². The van der Waals surface area contributed by atoms with Crippen molar-refractivity contribution in [3.05, 3.63) is 30.4 Å². The second kappa shape index (κ2) is 4.23. The van der Waals surface area contributed by atoms with Crippen LogP contribution < -0.4 is 5.73 Å². The molecule has 13 heavy (non-hydrogen) atoms. The van der Waals surface area contributed by atoms with E-state index in [1.54, 1.807) is 6.33 Å². The first-order valence-electron chi connectivity index (χ1n) is 4.47. The number of hydrogen-bond donors (Lipinski definition) is 1. The molecule has 0 aromatic carbocycles. The molecule has 2 N–H and O–H groups in total. The van der Waals surface area contributed by atoms with Crippen LogP contribution in [0, 0.1) is 0 Å². The lowest BCUT2D eigenvalue weighted by Gasteiger charge is -2.11. The van der Waals surface area contributed by atoms with Crippen LogP contribution in [0.3, 0.4) is 0 Å². The number of aryl methyl sites for hydroxylation is 1. The maximum Gasteiger partial charge on any atom is 0.0946 e. The van der Waals surface area contributed by atoms with Crippen molar-refractivity contribution in [2.24, 2.45) is 12.8 Å². The highest BCUT2D eigenvalue weighted by Gasteiger charge is 2.08. The lowest BCUT2D eigenvalue weighted by atomic mass is 10.1. The van der Waals surface area contributed by atoms with Crippen LogP contribution in [0.2, 0.25) is 0 Å². The fourth-order valence-corrected chi connectivity index (χ4v) is 1.27. The second-order valence-electron chi connectivity index (χ2n) is 3.53. The average Bonchev–Trinajstić information content (AvgIpc) is 2.47. The molecule has 1 aromatic heterocycles. The molecule has 1 rings (SSSR count). The molecule has 0 aliphatic carbocycles. The fourth-order valence-electron chi connectivity index (χ4n) is 1.27. The topological polar surface area (TPSA) is 43.8 Å². The maximum absolute atomic E-state index is 5.99. The smallest absolute Gasteiger partial charge is 0.0946 e. The summed E-state index contributed by atoms with van der Waals surface area (Å²) < 4.78 is 1.96. The molecule has 0 bridgehead atoms. The van der Waals surface area contributed by atoms with Crippen LogP contribution in [0.15, 0.2) is 24.7 Å². The molecule has 72 valence electrons. The minimum Gasteiger partial charge on any atom is -0.336 e. The number of hydrogen-bond acceptors (Lipinski definition) is 2. The van der Waals surface area contributed by atoms with Crippen LogP contribution in [0.1, 0.15) is 31.5 Å². The number of allylic oxidation sites excluding steroid dienone is 1. The number of nitrogens with zero attached hydrogens (tertiary/aromatic N) is 2. The number of rotatable bonds is 4. The summed E-state index contributed by atoms with van der Waals surface area (Å²) in [6.07, 6.45) is 5.51. The molecule has 0 saturated carbocycles. The van der Waals surface area contributed by atoms with Crippen molar-refractivity contribution in [2.45, 2.75) is 25.8 Å². The van der Waals surface area contributed by atoms with E-state index < -0.39 is 0 Å². The Balaban J connectivity index is 2.53. The van der Waals surface area contributed by atoms with Crippen molar-refractivity contribution in [3.8, 4) is 0 Å². The van der Waals surface area contributed by atoms with Gasteiger partial charge in [0.2, 0.25) is 0 Å². The lowest BCUT2D eigenvalue weighted by molar-refractivity contribution is 0.605.